The molecule has 15 heavy (non-hydrogen) atoms. The smallest absolute Gasteiger partial charge is 0.309 e. The van der Waals surface area contributed by atoms with E-state index in [4.69, 9.17) is 9.84 Å². The lowest BCUT2D eigenvalue weighted by molar-refractivity contribution is -0.145. The van der Waals surface area contributed by atoms with Gasteiger partial charge in [0.15, 0.2) is 0 Å². The minimum atomic E-state index is -1.06. The van der Waals surface area contributed by atoms with Gasteiger partial charge in [-0.1, -0.05) is 33.5 Å². The van der Waals surface area contributed by atoms with Crippen LogP contribution in [-0.4, -0.2) is 32.4 Å². The number of hydrogen-bond acceptors (Lipinski definition) is 2. The maximum atomic E-state index is 10.9. The van der Waals surface area contributed by atoms with Gasteiger partial charge in [0.05, 0.1) is 12.5 Å². The number of ether oxygens (including phenoxy) is 1. The molecule has 0 aromatic rings. The molecular formula is C11H24O3Si. The molecule has 0 aliphatic rings. The third kappa shape index (κ3) is 7.56. The van der Waals surface area contributed by atoms with Crippen LogP contribution in [0.15, 0.2) is 0 Å². The van der Waals surface area contributed by atoms with E-state index >= 15 is 0 Å². The SMILES string of the molecule is CC(C)C(COCC[Si](C)(C)C)C(=O)O. The highest BCUT2D eigenvalue weighted by atomic mass is 28.3. The molecule has 0 aromatic carbocycles. The molecular weight excluding hydrogens is 208 g/mol. The van der Waals surface area contributed by atoms with Crippen molar-refractivity contribution in [1.82, 2.24) is 0 Å². The number of carbonyl (C=O) groups is 1. The molecule has 0 aromatic heterocycles. The molecule has 0 saturated heterocycles. The maximum Gasteiger partial charge on any atom is 0.309 e. The van der Waals surface area contributed by atoms with Crippen molar-refractivity contribution >= 4 is 14.0 Å². The predicted molar refractivity (Wildman–Crippen MR) is 64.9 cm³/mol. The second-order valence-electron chi connectivity index (χ2n) is 5.57. The summed E-state index contributed by atoms with van der Waals surface area (Å²) in [6.07, 6.45) is 0. The summed E-state index contributed by atoms with van der Waals surface area (Å²) in [4.78, 5) is 10.9. The highest BCUT2D eigenvalue weighted by molar-refractivity contribution is 6.76. The fourth-order valence-corrected chi connectivity index (χ4v) is 1.89. The molecule has 0 aliphatic heterocycles. The van der Waals surface area contributed by atoms with E-state index in [2.05, 4.69) is 19.6 Å². The highest BCUT2D eigenvalue weighted by Gasteiger charge is 2.22. The standard InChI is InChI=1S/C11H24O3Si/c1-9(2)10(11(12)13)8-14-6-7-15(3,4)5/h9-10H,6-8H2,1-5H3,(H,12,13). The van der Waals surface area contributed by atoms with Crippen molar-refractivity contribution in [3.63, 3.8) is 0 Å². The fourth-order valence-electron chi connectivity index (χ4n) is 1.14. The molecule has 0 heterocycles. The molecule has 1 unspecified atom stereocenters. The topological polar surface area (TPSA) is 46.5 Å². The first-order valence-corrected chi connectivity index (χ1v) is 9.25. The number of rotatable bonds is 7. The normalized spacial score (nSPS) is 14.3. The quantitative estimate of drug-likeness (QED) is 0.542. The molecule has 0 aliphatic carbocycles. The van der Waals surface area contributed by atoms with E-state index < -0.39 is 14.0 Å². The predicted octanol–water partition coefficient (Wildman–Crippen LogP) is 2.70. The van der Waals surface area contributed by atoms with Gasteiger partial charge in [0.25, 0.3) is 0 Å². The van der Waals surface area contributed by atoms with Crippen molar-refractivity contribution < 1.29 is 14.6 Å². The molecule has 1 N–H and O–H groups in total. The number of aliphatic carboxylic acids is 1. The third-order valence-corrected chi connectivity index (χ3v) is 4.12. The zero-order valence-corrected chi connectivity index (χ0v) is 11.5. The van der Waals surface area contributed by atoms with Crippen molar-refractivity contribution in [3.05, 3.63) is 0 Å². The van der Waals surface area contributed by atoms with Crippen LogP contribution in [0.5, 0.6) is 0 Å². The van der Waals surface area contributed by atoms with E-state index in [9.17, 15) is 4.79 Å². The van der Waals surface area contributed by atoms with Crippen LogP contribution in [0.1, 0.15) is 13.8 Å². The summed E-state index contributed by atoms with van der Waals surface area (Å²) in [6.45, 7) is 11.7. The molecule has 0 spiro atoms. The molecule has 0 fully saturated rings. The molecule has 0 saturated carbocycles. The van der Waals surface area contributed by atoms with Gasteiger partial charge >= 0.3 is 5.97 Å². The van der Waals surface area contributed by atoms with Gasteiger partial charge < -0.3 is 9.84 Å². The van der Waals surface area contributed by atoms with E-state index in [1.165, 1.54) is 0 Å². The minimum Gasteiger partial charge on any atom is -0.481 e. The zero-order valence-electron chi connectivity index (χ0n) is 10.5. The van der Waals surface area contributed by atoms with Crippen LogP contribution in [0.3, 0.4) is 0 Å². The Balaban J connectivity index is 3.78. The summed E-state index contributed by atoms with van der Waals surface area (Å²) in [5, 5.41) is 8.93. The van der Waals surface area contributed by atoms with Crippen LogP contribution in [0.25, 0.3) is 0 Å². The van der Waals surface area contributed by atoms with Gasteiger partial charge in [0, 0.05) is 14.7 Å². The van der Waals surface area contributed by atoms with Gasteiger partial charge in [-0.05, 0) is 12.0 Å². The first kappa shape index (κ1) is 14.6. The Kier molecular flexibility index (Phi) is 6.13. The molecule has 0 bridgehead atoms. The number of carboxylic acid groups (broad SMARTS) is 1. The Labute approximate surface area is 93.8 Å². The molecule has 1 atom stereocenters. The minimum absolute atomic E-state index is 0.134. The van der Waals surface area contributed by atoms with Crippen LogP contribution >= 0.6 is 0 Å². The van der Waals surface area contributed by atoms with E-state index in [-0.39, 0.29) is 11.8 Å². The maximum absolute atomic E-state index is 10.9. The summed E-state index contributed by atoms with van der Waals surface area (Å²) in [7, 11) is -1.06. The Morgan fingerprint density at radius 1 is 1.33 bits per heavy atom. The van der Waals surface area contributed by atoms with E-state index in [1.54, 1.807) is 0 Å². The molecule has 0 amide bonds. The first-order chi connectivity index (χ1) is 6.74. The van der Waals surface area contributed by atoms with Gasteiger partial charge in [-0.15, -0.1) is 0 Å². The van der Waals surface area contributed by atoms with Crippen LogP contribution in [0.4, 0.5) is 0 Å². The van der Waals surface area contributed by atoms with Crippen LogP contribution in [-0.2, 0) is 9.53 Å². The van der Waals surface area contributed by atoms with Crippen LogP contribution < -0.4 is 0 Å². The average molecular weight is 232 g/mol. The lowest BCUT2D eigenvalue weighted by Gasteiger charge is -2.19. The summed E-state index contributed by atoms with van der Waals surface area (Å²) >= 11 is 0. The zero-order chi connectivity index (χ0) is 12.1. The number of carboxylic acids is 1. The van der Waals surface area contributed by atoms with Gasteiger partial charge in [-0.25, -0.2) is 0 Å². The highest BCUT2D eigenvalue weighted by Crippen LogP contribution is 2.13. The molecule has 0 radical (unpaired) electrons. The summed E-state index contributed by atoms with van der Waals surface area (Å²) in [5.74, 6) is -0.987. The van der Waals surface area contributed by atoms with E-state index in [0.717, 1.165) is 6.04 Å². The van der Waals surface area contributed by atoms with Crippen molar-refractivity contribution in [3.8, 4) is 0 Å². The van der Waals surface area contributed by atoms with Crippen molar-refractivity contribution in [2.45, 2.75) is 39.5 Å². The largest absolute Gasteiger partial charge is 0.481 e. The molecule has 90 valence electrons. The van der Waals surface area contributed by atoms with Gasteiger partial charge in [0.2, 0.25) is 0 Å². The molecule has 3 nitrogen and oxygen atoms in total. The van der Waals surface area contributed by atoms with Crippen molar-refractivity contribution in [2.24, 2.45) is 11.8 Å². The second kappa shape index (κ2) is 6.28. The summed E-state index contributed by atoms with van der Waals surface area (Å²) in [5.41, 5.74) is 0. The van der Waals surface area contributed by atoms with Gasteiger partial charge in [-0.2, -0.15) is 0 Å². The third-order valence-electron chi connectivity index (χ3n) is 2.42. The molecule has 4 heteroatoms. The van der Waals surface area contributed by atoms with E-state index in [1.807, 2.05) is 13.8 Å². The van der Waals surface area contributed by atoms with Crippen molar-refractivity contribution in [1.29, 1.82) is 0 Å². The molecule has 0 rings (SSSR count). The lowest BCUT2D eigenvalue weighted by atomic mass is 9.97. The van der Waals surface area contributed by atoms with Crippen LogP contribution in [0, 0.1) is 11.8 Å². The summed E-state index contributed by atoms with van der Waals surface area (Å²) in [6, 6.07) is 1.09. The monoisotopic (exact) mass is 232 g/mol. The Hall–Kier alpha value is -0.353. The summed E-state index contributed by atoms with van der Waals surface area (Å²) < 4.78 is 5.45. The average Bonchev–Trinajstić information content (AvgIpc) is 2.00. The van der Waals surface area contributed by atoms with E-state index in [0.29, 0.717) is 13.2 Å². The fraction of sp³-hybridized carbons (Fsp3) is 0.909. The van der Waals surface area contributed by atoms with Crippen molar-refractivity contribution in [2.75, 3.05) is 13.2 Å². The lowest BCUT2D eigenvalue weighted by Crippen LogP contribution is -2.27. The Morgan fingerprint density at radius 2 is 1.87 bits per heavy atom. The Morgan fingerprint density at radius 3 is 2.20 bits per heavy atom. The first-order valence-electron chi connectivity index (χ1n) is 5.54. The number of hydrogen-bond donors (Lipinski definition) is 1. The van der Waals surface area contributed by atoms with Gasteiger partial charge in [-0.3, -0.25) is 4.79 Å². The van der Waals surface area contributed by atoms with Gasteiger partial charge in [0.1, 0.15) is 0 Å². The Bertz CT molecular complexity index is 196. The van der Waals surface area contributed by atoms with Crippen LogP contribution in [0.2, 0.25) is 25.7 Å². The second-order valence-corrected chi connectivity index (χ2v) is 11.2.